The molecule has 0 bridgehead atoms. The number of rotatable bonds is 11. The molecule has 1 aliphatic rings. The van der Waals surface area contributed by atoms with E-state index in [0.29, 0.717) is 61.7 Å². The first-order valence-corrected chi connectivity index (χ1v) is 22.4. The predicted molar refractivity (Wildman–Crippen MR) is 202 cm³/mol. The number of carbonyl (C=O) groups is 2. The van der Waals surface area contributed by atoms with Gasteiger partial charge in [-0.25, -0.2) is 14.6 Å². The van der Waals surface area contributed by atoms with Gasteiger partial charge in [-0.1, -0.05) is 43.1 Å². The molecule has 270 valence electrons. The minimum atomic E-state index is -1.21. The standard InChI is InChI=1S/C35H49N7O5S2Si/c1-10-46-31(43)28-29(24-15-17-41(18-16-24)34(44)47-35(3,4)5)49-32(36-28)40(6)27-21-23(2)30(39-38-27)37-33-42(22-45-19-20-50(7,8)9)25-13-11-12-14-26(25)48-33/h11-14,21,24H,10,15-20,22H2,1-9H3. The van der Waals surface area contributed by atoms with Crippen LogP contribution in [0.3, 0.4) is 0 Å². The number of thiazole rings is 2. The number of hydrogen-bond acceptors (Lipinski definition) is 12. The number of anilines is 2. The normalized spacial score (nSPS) is 14.7. The van der Waals surface area contributed by atoms with Gasteiger partial charge in [-0.05, 0) is 83.2 Å². The molecule has 12 nitrogen and oxygen atoms in total. The molecule has 3 aromatic heterocycles. The second kappa shape index (κ2) is 15.7. The summed E-state index contributed by atoms with van der Waals surface area (Å²) in [7, 11) is 0.653. The van der Waals surface area contributed by atoms with E-state index in [9.17, 15) is 9.59 Å². The number of hydrogen-bond donors (Lipinski definition) is 0. The maximum Gasteiger partial charge on any atom is 0.410 e. The van der Waals surface area contributed by atoms with E-state index in [1.165, 1.54) is 11.3 Å². The number of para-hydroxylation sites is 1. The Morgan fingerprint density at radius 1 is 1.10 bits per heavy atom. The van der Waals surface area contributed by atoms with Gasteiger partial charge in [0.05, 0.1) is 16.8 Å². The number of piperidine rings is 1. The highest BCUT2D eigenvalue weighted by Crippen LogP contribution is 2.39. The van der Waals surface area contributed by atoms with Gasteiger partial charge in [0.25, 0.3) is 0 Å². The lowest BCUT2D eigenvalue weighted by Gasteiger charge is -2.33. The third kappa shape index (κ3) is 9.36. The zero-order chi connectivity index (χ0) is 36.2. The number of benzene rings is 1. The maximum absolute atomic E-state index is 13.1. The Morgan fingerprint density at radius 2 is 1.82 bits per heavy atom. The van der Waals surface area contributed by atoms with E-state index in [0.717, 1.165) is 31.5 Å². The summed E-state index contributed by atoms with van der Waals surface area (Å²) in [6, 6.07) is 11.2. The fourth-order valence-corrected chi connectivity index (χ4v) is 8.40. The summed E-state index contributed by atoms with van der Waals surface area (Å²) in [6.45, 7) is 18.8. The third-order valence-electron chi connectivity index (χ3n) is 8.21. The second-order valence-electron chi connectivity index (χ2n) is 14.7. The molecule has 0 radical (unpaired) electrons. The minimum absolute atomic E-state index is 0.0502. The Balaban J connectivity index is 1.37. The molecule has 50 heavy (non-hydrogen) atoms. The molecule has 1 amide bonds. The van der Waals surface area contributed by atoms with Crippen LogP contribution in [0.5, 0.6) is 0 Å². The van der Waals surface area contributed by atoms with Crippen LogP contribution in [0.4, 0.5) is 21.6 Å². The Bertz CT molecular complexity index is 1880. The SMILES string of the molecule is CCOC(=O)c1nc(N(C)c2cc(C)c(N=c3sc4ccccc4n3COCC[Si](C)(C)C)nn2)sc1C1CCN(C(=O)OC(C)(C)C)CC1. The maximum atomic E-state index is 13.1. The molecule has 0 N–H and O–H groups in total. The molecule has 4 heterocycles. The average molecular weight is 740 g/mol. The van der Waals surface area contributed by atoms with Crippen LogP contribution >= 0.6 is 22.7 Å². The van der Waals surface area contributed by atoms with Gasteiger partial charge in [-0.15, -0.1) is 21.5 Å². The van der Waals surface area contributed by atoms with Crippen molar-refractivity contribution in [3.63, 3.8) is 0 Å². The van der Waals surface area contributed by atoms with Gasteiger partial charge in [0.1, 0.15) is 12.3 Å². The summed E-state index contributed by atoms with van der Waals surface area (Å²) < 4.78 is 20.3. The van der Waals surface area contributed by atoms with Crippen LogP contribution in [-0.2, 0) is 20.9 Å². The highest BCUT2D eigenvalue weighted by molar-refractivity contribution is 7.16. The monoisotopic (exact) mass is 739 g/mol. The van der Waals surface area contributed by atoms with Gasteiger partial charge in [-0.2, -0.15) is 4.99 Å². The molecule has 1 saturated heterocycles. The Kier molecular flexibility index (Phi) is 11.8. The van der Waals surface area contributed by atoms with Crippen molar-refractivity contribution in [2.75, 3.05) is 38.3 Å². The third-order valence-corrected chi connectivity index (χ3v) is 12.3. The summed E-state index contributed by atoms with van der Waals surface area (Å²) in [5.74, 6) is 0.698. The largest absolute Gasteiger partial charge is 0.461 e. The number of amides is 1. The van der Waals surface area contributed by atoms with Crippen LogP contribution in [-0.4, -0.2) is 83.7 Å². The number of esters is 1. The number of likely N-dealkylation sites (tertiary alicyclic amines) is 1. The van der Waals surface area contributed by atoms with Crippen LogP contribution in [0.2, 0.25) is 25.7 Å². The smallest absolute Gasteiger partial charge is 0.410 e. The molecule has 1 aliphatic heterocycles. The molecule has 1 aromatic carbocycles. The van der Waals surface area contributed by atoms with Crippen molar-refractivity contribution in [1.29, 1.82) is 0 Å². The van der Waals surface area contributed by atoms with E-state index in [4.69, 9.17) is 24.2 Å². The Hall–Kier alpha value is -3.66. The fourth-order valence-electron chi connectivity index (χ4n) is 5.43. The van der Waals surface area contributed by atoms with Gasteiger partial charge in [0.2, 0.25) is 0 Å². The van der Waals surface area contributed by atoms with Crippen molar-refractivity contribution in [2.24, 2.45) is 4.99 Å². The summed E-state index contributed by atoms with van der Waals surface area (Å²) in [6.07, 6.45) is 1.06. The number of aryl methyl sites for hydroxylation is 1. The first kappa shape index (κ1) is 37.6. The minimum Gasteiger partial charge on any atom is -0.461 e. The summed E-state index contributed by atoms with van der Waals surface area (Å²) in [5, 5.41) is 9.67. The van der Waals surface area contributed by atoms with E-state index in [-0.39, 0.29) is 18.6 Å². The van der Waals surface area contributed by atoms with Crippen LogP contribution in [0, 0.1) is 6.92 Å². The number of carbonyl (C=O) groups excluding carboxylic acids is 2. The molecule has 5 rings (SSSR count). The van der Waals surface area contributed by atoms with E-state index < -0.39 is 19.6 Å². The van der Waals surface area contributed by atoms with E-state index in [2.05, 4.69) is 46.5 Å². The lowest BCUT2D eigenvalue weighted by molar-refractivity contribution is 0.0204. The van der Waals surface area contributed by atoms with Gasteiger partial charge in [0.15, 0.2) is 27.3 Å². The number of fused-ring (bicyclic) bond motifs is 1. The van der Waals surface area contributed by atoms with Crippen molar-refractivity contribution in [2.45, 2.75) is 91.4 Å². The van der Waals surface area contributed by atoms with Crippen LogP contribution in [0.25, 0.3) is 10.2 Å². The van der Waals surface area contributed by atoms with Gasteiger partial charge in [0, 0.05) is 39.7 Å². The van der Waals surface area contributed by atoms with Crippen LogP contribution < -0.4 is 9.70 Å². The van der Waals surface area contributed by atoms with Crippen LogP contribution in [0.1, 0.15) is 67.4 Å². The van der Waals surface area contributed by atoms with Gasteiger partial charge >= 0.3 is 12.1 Å². The quantitative estimate of drug-likeness (QED) is 0.0859. The molecule has 4 aromatic rings. The first-order valence-electron chi connectivity index (χ1n) is 17.1. The number of nitrogens with zero attached hydrogens (tertiary/aromatic N) is 7. The zero-order valence-corrected chi connectivity index (χ0v) is 33.2. The van der Waals surface area contributed by atoms with Crippen molar-refractivity contribution in [3.8, 4) is 0 Å². The fraction of sp³-hybridized carbons (Fsp3) is 0.543. The van der Waals surface area contributed by atoms with Gasteiger partial charge < -0.3 is 24.0 Å². The molecular formula is C35H49N7O5S2Si. The molecule has 0 spiro atoms. The Labute approximate surface area is 303 Å². The first-order chi connectivity index (χ1) is 23.6. The van der Waals surface area contributed by atoms with Crippen molar-refractivity contribution in [3.05, 3.63) is 51.3 Å². The summed E-state index contributed by atoms with van der Waals surface area (Å²) in [5.41, 5.74) is 1.67. The lowest BCUT2D eigenvalue weighted by Crippen LogP contribution is -2.41. The molecule has 0 saturated carbocycles. The zero-order valence-electron chi connectivity index (χ0n) is 30.6. The van der Waals surface area contributed by atoms with Gasteiger partial charge in [-0.3, -0.25) is 4.57 Å². The molecule has 1 fully saturated rings. The topological polar surface area (TPSA) is 124 Å². The Morgan fingerprint density at radius 3 is 2.48 bits per heavy atom. The summed E-state index contributed by atoms with van der Waals surface area (Å²) >= 11 is 3.04. The molecule has 0 atom stereocenters. The second-order valence-corrected chi connectivity index (χ2v) is 22.3. The molecular weight excluding hydrogens is 691 g/mol. The van der Waals surface area contributed by atoms with Crippen molar-refractivity contribution in [1.82, 2.24) is 24.6 Å². The highest BCUT2D eigenvalue weighted by Gasteiger charge is 2.33. The highest BCUT2D eigenvalue weighted by atomic mass is 32.1. The number of ether oxygens (including phenoxy) is 3. The molecule has 15 heteroatoms. The van der Waals surface area contributed by atoms with Crippen LogP contribution in [0.15, 0.2) is 35.3 Å². The molecule has 0 unspecified atom stereocenters. The predicted octanol–water partition coefficient (Wildman–Crippen LogP) is 7.86. The van der Waals surface area contributed by atoms with Crippen molar-refractivity contribution < 1.29 is 23.8 Å². The van der Waals surface area contributed by atoms with E-state index in [1.807, 2.05) is 57.8 Å². The number of aromatic nitrogens is 4. The van der Waals surface area contributed by atoms with E-state index in [1.54, 1.807) is 23.2 Å². The average Bonchev–Trinajstić information content (AvgIpc) is 3.65. The molecule has 0 aliphatic carbocycles. The van der Waals surface area contributed by atoms with E-state index >= 15 is 0 Å². The summed E-state index contributed by atoms with van der Waals surface area (Å²) in [4.78, 5) is 40.6. The lowest BCUT2D eigenvalue weighted by atomic mass is 9.94. The van der Waals surface area contributed by atoms with Crippen molar-refractivity contribution >= 4 is 69.8 Å².